The van der Waals surface area contributed by atoms with Gasteiger partial charge in [0, 0.05) is 5.02 Å². The number of aromatic nitrogens is 4. The van der Waals surface area contributed by atoms with E-state index in [-0.39, 0.29) is 17.3 Å². The van der Waals surface area contributed by atoms with Crippen LogP contribution in [0.1, 0.15) is 5.56 Å². The number of aryl methyl sites for hydroxylation is 1. The third-order valence-electron chi connectivity index (χ3n) is 2.73. The molecule has 0 amide bonds. The first kappa shape index (κ1) is 12.4. The minimum Gasteiger partial charge on any atom is -0.379 e. The van der Waals surface area contributed by atoms with Crippen molar-refractivity contribution in [1.82, 2.24) is 20.0 Å². The van der Waals surface area contributed by atoms with Gasteiger partial charge in [-0.3, -0.25) is 4.52 Å². The highest BCUT2D eigenvalue weighted by Gasteiger charge is 2.21. The zero-order valence-electron chi connectivity index (χ0n) is 10.2. The van der Waals surface area contributed by atoms with E-state index in [1.807, 2.05) is 6.92 Å². The molecular weight excluding hydrogens is 286 g/mol. The van der Waals surface area contributed by atoms with Crippen LogP contribution in [0, 0.1) is 6.92 Å². The Balaban J connectivity index is 2.24. The number of anilines is 1. The zero-order valence-corrected chi connectivity index (χ0v) is 11.0. The molecule has 3 aromatic rings. The summed E-state index contributed by atoms with van der Waals surface area (Å²) in [6.07, 6.45) is 0. The van der Waals surface area contributed by atoms with Crippen molar-refractivity contribution in [2.45, 2.75) is 6.92 Å². The van der Waals surface area contributed by atoms with Crippen molar-refractivity contribution in [2.24, 2.45) is 0 Å². The zero-order chi connectivity index (χ0) is 14.3. The molecular formula is C11H8ClN5O3. The molecule has 0 atom stereocenters. The second kappa shape index (κ2) is 4.49. The average Bonchev–Trinajstić information content (AvgIpc) is 2.99. The molecule has 0 bridgehead atoms. The standard InChI is InChI=1S/C11H8ClN5O3/c1-5-4-6(2-3-7(5)12)17-10(16-19-11(17)18)8-9(13)15-20-14-8/h2-4H,1H3,(H2,13,15). The molecule has 20 heavy (non-hydrogen) atoms. The summed E-state index contributed by atoms with van der Waals surface area (Å²) in [5.74, 6) is -0.558. The quantitative estimate of drug-likeness (QED) is 0.760. The topological polar surface area (TPSA) is 113 Å². The number of benzene rings is 1. The fourth-order valence-electron chi connectivity index (χ4n) is 1.75. The van der Waals surface area contributed by atoms with E-state index in [0.717, 1.165) is 5.56 Å². The highest BCUT2D eigenvalue weighted by Crippen LogP contribution is 2.24. The summed E-state index contributed by atoms with van der Waals surface area (Å²) >= 11 is 5.96. The van der Waals surface area contributed by atoms with Crippen LogP contribution >= 0.6 is 11.6 Å². The lowest BCUT2D eigenvalue weighted by molar-refractivity contribution is 0.310. The summed E-state index contributed by atoms with van der Waals surface area (Å²) in [6.45, 7) is 1.82. The fourth-order valence-corrected chi connectivity index (χ4v) is 1.86. The molecule has 0 aliphatic heterocycles. The maximum absolute atomic E-state index is 11.8. The van der Waals surface area contributed by atoms with Gasteiger partial charge in [0.05, 0.1) is 5.69 Å². The summed E-state index contributed by atoms with van der Waals surface area (Å²) in [5.41, 5.74) is 7.05. The van der Waals surface area contributed by atoms with Crippen molar-refractivity contribution in [3.05, 3.63) is 39.3 Å². The summed E-state index contributed by atoms with van der Waals surface area (Å²) in [5, 5.41) is 11.3. The second-order valence-electron chi connectivity index (χ2n) is 4.04. The predicted molar refractivity (Wildman–Crippen MR) is 69.6 cm³/mol. The van der Waals surface area contributed by atoms with E-state index in [1.54, 1.807) is 18.2 Å². The molecule has 2 aromatic heterocycles. The van der Waals surface area contributed by atoms with Crippen LogP contribution in [0.2, 0.25) is 5.02 Å². The summed E-state index contributed by atoms with van der Waals surface area (Å²) in [4.78, 5) is 11.8. The summed E-state index contributed by atoms with van der Waals surface area (Å²) in [6, 6.07) is 5.04. The number of hydrogen-bond acceptors (Lipinski definition) is 7. The molecule has 0 fully saturated rings. The van der Waals surface area contributed by atoms with E-state index in [0.29, 0.717) is 10.7 Å². The average molecular weight is 294 g/mol. The Bertz CT molecular complexity index is 835. The normalized spacial score (nSPS) is 10.9. The molecule has 0 saturated carbocycles. The number of hydrogen-bond donors (Lipinski definition) is 1. The molecule has 0 saturated heterocycles. The Labute approximate surface area is 116 Å². The summed E-state index contributed by atoms with van der Waals surface area (Å²) in [7, 11) is 0. The number of halogens is 1. The maximum Gasteiger partial charge on any atom is 0.446 e. The highest BCUT2D eigenvalue weighted by atomic mass is 35.5. The van der Waals surface area contributed by atoms with Crippen LogP contribution in [-0.4, -0.2) is 20.0 Å². The Kier molecular flexibility index (Phi) is 2.79. The molecule has 8 nitrogen and oxygen atoms in total. The molecule has 0 unspecified atom stereocenters. The Hall–Kier alpha value is -2.61. The largest absolute Gasteiger partial charge is 0.446 e. The van der Waals surface area contributed by atoms with Crippen LogP contribution in [0.3, 0.4) is 0 Å². The van der Waals surface area contributed by atoms with Crippen molar-refractivity contribution in [3.63, 3.8) is 0 Å². The van der Waals surface area contributed by atoms with Crippen LogP contribution in [0.5, 0.6) is 0 Å². The van der Waals surface area contributed by atoms with Gasteiger partial charge in [-0.25, -0.2) is 14.0 Å². The van der Waals surface area contributed by atoms with Crippen LogP contribution in [0.25, 0.3) is 17.2 Å². The molecule has 2 N–H and O–H groups in total. The van der Waals surface area contributed by atoms with E-state index in [2.05, 4.69) is 24.6 Å². The van der Waals surface area contributed by atoms with E-state index >= 15 is 0 Å². The van der Waals surface area contributed by atoms with Crippen LogP contribution in [0.15, 0.2) is 32.1 Å². The minimum atomic E-state index is -0.677. The van der Waals surface area contributed by atoms with E-state index in [1.165, 1.54) is 4.57 Å². The summed E-state index contributed by atoms with van der Waals surface area (Å²) < 4.78 is 10.4. The third-order valence-corrected chi connectivity index (χ3v) is 3.15. The first-order valence-corrected chi connectivity index (χ1v) is 5.89. The van der Waals surface area contributed by atoms with Gasteiger partial charge >= 0.3 is 5.76 Å². The number of nitrogens with two attached hydrogens (primary N) is 1. The Morgan fingerprint density at radius 2 is 2.10 bits per heavy atom. The van der Waals surface area contributed by atoms with Crippen molar-refractivity contribution >= 4 is 17.4 Å². The molecule has 102 valence electrons. The number of nitrogen functional groups attached to an aromatic ring is 1. The predicted octanol–water partition coefficient (Wildman–Crippen LogP) is 1.42. The lowest BCUT2D eigenvalue weighted by Gasteiger charge is -2.05. The third kappa shape index (κ3) is 1.86. The van der Waals surface area contributed by atoms with Crippen molar-refractivity contribution in [3.8, 4) is 17.2 Å². The molecule has 0 aliphatic carbocycles. The van der Waals surface area contributed by atoms with Crippen molar-refractivity contribution < 1.29 is 9.15 Å². The molecule has 0 aliphatic rings. The van der Waals surface area contributed by atoms with Gasteiger partial charge in [-0.05, 0) is 41.0 Å². The number of rotatable bonds is 2. The molecule has 1 aromatic carbocycles. The molecule has 0 radical (unpaired) electrons. The lowest BCUT2D eigenvalue weighted by Crippen LogP contribution is -2.13. The van der Waals surface area contributed by atoms with Crippen molar-refractivity contribution in [1.29, 1.82) is 0 Å². The first-order valence-electron chi connectivity index (χ1n) is 5.51. The minimum absolute atomic E-state index is 0.0118. The molecule has 0 spiro atoms. The van der Waals surface area contributed by atoms with Crippen LogP contribution in [0.4, 0.5) is 5.82 Å². The van der Waals surface area contributed by atoms with E-state index < -0.39 is 5.76 Å². The monoisotopic (exact) mass is 293 g/mol. The lowest BCUT2D eigenvalue weighted by atomic mass is 10.2. The van der Waals surface area contributed by atoms with Gasteiger partial charge < -0.3 is 5.73 Å². The van der Waals surface area contributed by atoms with Gasteiger partial charge in [-0.2, -0.15) is 0 Å². The Morgan fingerprint density at radius 3 is 2.75 bits per heavy atom. The first-order chi connectivity index (χ1) is 9.58. The van der Waals surface area contributed by atoms with Crippen LogP contribution < -0.4 is 11.5 Å². The molecule has 3 rings (SSSR count). The van der Waals surface area contributed by atoms with Gasteiger partial charge in [0.1, 0.15) is 0 Å². The fraction of sp³-hybridized carbons (Fsp3) is 0.0909. The van der Waals surface area contributed by atoms with Gasteiger partial charge in [0.25, 0.3) is 0 Å². The van der Waals surface area contributed by atoms with Crippen molar-refractivity contribution in [2.75, 3.05) is 5.73 Å². The van der Waals surface area contributed by atoms with E-state index in [4.69, 9.17) is 17.3 Å². The highest BCUT2D eigenvalue weighted by molar-refractivity contribution is 6.31. The Morgan fingerprint density at radius 1 is 1.30 bits per heavy atom. The molecule has 9 heteroatoms. The van der Waals surface area contributed by atoms with Gasteiger partial charge in [0.15, 0.2) is 11.5 Å². The maximum atomic E-state index is 11.8. The smallest absolute Gasteiger partial charge is 0.379 e. The van der Waals surface area contributed by atoms with Gasteiger partial charge in [-0.15, -0.1) is 0 Å². The molecule has 2 heterocycles. The SMILES string of the molecule is Cc1cc(-n2c(-c3nonc3N)noc2=O)ccc1Cl. The van der Waals surface area contributed by atoms with Crippen LogP contribution in [-0.2, 0) is 0 Å². The van der Waals surface area contributed by atoms with Gasteiger partial charge in [-0.1, -0.05) is 16.8 Å². The number of nitrogens with zero attached hydrogens (tertiary/aromatic N) is 4. The van der Waals surface area contributed by atoms with Gasteiger partial charge in [0.2, 0.25) is 5.82 Å². The van der Waals surface area contributed by atoms with E-state index in [9.17, 15) is 4.79 Å². The second-order valence-corrected chi connectivity index (χ2v) is 4.45.